The van der Waals surface area contributed by atoms with Crippen LogP contribution in [-0.4, -0.2) is 25.9 Å². The van der Waals surface area contributed by atoms with Crippen molar-refractivity contribution >= 4 is 0 Å². The van der Waals surface area contributed by atoms with Gasteiger partial charge >= 0.3 is 0 Å². The predicted octanol–water partition coefficient (Wildman–Crippen LogP) is 2.66. The lowest BCUT2D eigenvalue weighted by atomic mass is 10.1. The van der Waals surface area contributed by atoms with Gasteiger partial charge in [-0.25, -0.2) is 4.39 Å². The molecular formula is C14H20FNO2. The van der Waals surface area contributed by atoms with E-state index in [2.05, 4.69) is 5.32 Å². The summed E-state index contributed by atoms with van der Waals surface area (Å²) >= 11 is 0. The topological polar surface area (TPSA) is 30.5 Å². The standard InChI is InChI=1S/C14H20FNO2/c1-3-16-10(2)11-4-5-14(13(15)8-11)18-12-6-7-17-9-12/h4-5,8,10,12,16H,3,6-7,9H2,1-2H3. The SMILES string of the molecule is CCNC(C)c1ccc(OC2CCOC2)c(F)c1. The van der Waals surface area contributed by atoms with Gasteiger partial charge in [-0.1, -0.05) is 13.0 Å². The molecule has 4 heteroatoms. The molecule has 1 heterocycles. The summed E-state index contributed by atoms with van der Waals surface area (Å²) in [7, 11) is 0. The van der Waals surface area contributed by atoms with Crippen molar-refractivity contribution in [3.8, 4) is 5.75 Å². The smallest absolute Gasteiger partial charge is 0.165 e. The Morgan fingerprint density at radius 1 is 1.56 bits per heavy atom. The molecule has 1 aliphatic rings. The van der Waals surface area contributed by atoms with Crippen molar-refractivity contribution in [3.05, 3.63) is 29.6 Å². The summed E-state index contributed by atoms with van der Waals surface area (Å²) in [6, 6.07) is 5.30. The van der Waals surface area contributed by atoms with Crippen LogP contribution in [0, 0.1) is 5.82 Å². The van der Waals surface area contributed by atoms with E-state index >= 15 is 0 Å². The second-order valence-corrected chi connectivity index (χ2v) is 4.57. The predicted molar refractivity (Wildman–Crippen MR) is 68.3 cm³/mol. The average Bonchev–Trinajstić information content (AvgIpc) is 2.85. The molecule has 0 amide bonds. The van der Waals surface area contributed by atoms with Crippen LogP contribution in [0.5, 0.6) is 5.75 Å². The lowest BCUT2D eigenvalue weighted by Gasteiger charge is -2.16. The largest absolute Gasteiger partial charge is 0.485 e. The molecule has 100 valence electrons. The van der Waals surface area contributed by atoms with Crippen LogP contribution in [0.2, 0.25) is 0 Å². The van der Waals surface area contributed by atoms with E-state index in [0.717, 1.165) is 18.5 Å². The molecule has 18 heavy (non-hydrogen) atoms. The monoisotopic (exact) mass is 253 g/mol. The normalized spacial score (nSPS) is 20.9. The number of ether oxygens (including phenoxy) is 2. The Labute approximate surface area is 107 Å². The summed E-state index contributed by atoms with van der Waals surface area (Å²) < 4.78 is 24.7. The number of benzene rings is 1. The van der Waals surface area contributed by atoms with Crippen LogP contribution < -0.4 is 10.1 Å². The fraction of sp³-hybridized carbons (Fsp3) is 0.571. The first-order valence-corrected chi connectivity index (χ1v) is 6.48. The molecule has 2 atom stereocenters. The van der Waals surface area contributed by atoms with E-state index in [1.54, 1.807) is 12.1 Å². The first-order chi connectivity index (χ1) is 8.70. The number of hydrogen-bond acceptors (Lipinski definition) is 3. The van der Waals surface area contributed by atoms with Gasteiger partial charge in [0.2, 0.25) is 0 Å². The molecule has 1 N–H and O–H groups in total. The van der Waals surface area contributed by atoms with E-state index in [0.29, 0.717) is 19.0 Å². The van der Waals surface area contributed by atoms with Crippen LogP contribution in [0.3, 0.4) is 0 Å². The zero-order chi connectivity index (χ0) is 13.0. The fourth-order valence-electron chi connectivity index (χ4n) is 2.09. The maximum Gasteiger partial charge on any atom is 0.165 e. The highest BCUT2D eigenvalue weighted by Gasteiger charge is 2.19. The Balaban J connectivity index is 2.04. The van der Waals surface area contributed by atoms with Gasteiger partial charge in [-0.3, -0.25) is 0 Å². The van der Waals surface area contributed by atoms with Gasteiger partial charge in [0.1, 0.15) is 6.10 Å². The molecule has 1 saturated heterocycles. The van der Waals surface area contributed by atoms with Gasteiger partial charge in [0.25, 0.3) is 0 Å². The lowest BCUT2D eigenvalue weighted by molar-refractivity contribution is 0.138. The summed E-state index contributed by atoms with van der Waals surface area (Å²) in [6.07, 6.45) is 0.811. The molecular weight excluding hydrogens is 233 g/mol. The molecule has 0 aromatic heterocycles. The minimum absolute atomic E-state index is 0.0171. The zero-order valence-electron chi connectivity index (χ0n) is 10.9. The van der Waals surface area contributed by atoms with E-state index < -0.39 is 0 Å². The summed E-state index contributed by atoms with van der Waals surface area (Å²) in [5.41, 5.74) is 0.935. The minimum atomic E-state index is -0.302. The van der Waals surface area contributed by atoms with Crippen molar-refractivity contribution in [2.75, 3.05) is 19.8 Å². The Hall–Kier alpha value is -1.13. The summed E-state index contributed by atoms with van der Waals surface area (Å²) in [4.78, 5) is 0. The molecule has 3 nitrogen and oxygen atoms in total. The van der Waals surface area contributed by atoms with E-state index in [4.69, 9.17) is 9.47 Å². The van der Waals surface area contributed by atoms with Crippen LogP contribution >= 0.6 is 0 Å². The molecule has 0 spiro atoms. The Morgan fingerprint density at radius 2 is 2.39 bits per heavy atom. The Kier molecular flexibility index (Phi) is 4.55. The highest BCUT2D eigenvalue weighted by molar-refractivity contribution is 5.31. The van der Waals surface area contributed by atoms with Gasteiger partial charge in [0.15, 0.2) is 11.6 Å². The third-order valence-corrected chi connectivity index (χ3v) is 3.15. The van der Waals surface area contributed by atoms with Crippen LogP contribution in [-0.2, 0) is 4.74 Å². The van der Waals surface area contributed by atoms with E-state index in [1.165, 1.54) is 0 Å². The molecule has 2 rings (SSSR count). The van der Waals surface area contributed by atoms with E-state index in [9.17, 15) is 4.39 Å². The molecule has 1 aromatic carbocycles. The van der Waals surface area contributed by atoms with Crippen molar-refractivity contribution in [3.63, 3.8) is 0 Å². The molecule has 1 aliphatic heterocycles. The molecule has 0 bridgehead atoms. The van der Waals surface area contributed by atoms with Gasteiger partial charge < -0.3 is 14.8 Å². The average molecular weight is 253 g/mol. The number of halogens is 1. The molecule has 0 saturated carbocycles. The highest BCUT2D eigenvalue weighted by atomic mass is 19.1. The van der Waals surface area contributed by atoms with E-state index in [-0.39, 0.29) is 18.0 Å². The number of rotatable bonds is 5. The quantitative estimate of drug-likeness (QED) is 0.875. The van der Waals surface area contributed by atoms with Crippen molar-refractivity contribution in [1.29, 1.82) is 0 Å². The maximum absolute atomic E-state index is 13.9. The maximum atomic E-state index is 13.9. The molecule has 1 aromatic rings. The lowest BCUT2D eigenvalue weighted by Crippen LogP contribution is -2.19. The zero-order valence-corrected chi connectivity index (χ0v) is 10.9. The molecule has 0 radical (unpaired) electrons. The minimum Gasteiger partial charge on any atom is -0.485 e. The summed E-state index contributed by atoms with van der Waals surface area (Å²) in [5, 5.41) is 3.25. The second-order valence-electron chi connectivity index (χ2n) is 4.57. The Morgan fingerprint density at radius 3 is 3.00 bits per heavy atom. The fourth-order valence-corrected chi connectivity index (χ4v) is 2.09. The van der Waals surface area contributed by atoms with Crippen LogP contribution in [0.15, 0.2) is 18.2 Å². The van der Waals surface area contributed by atoms with Crippen molar-refractivity contribution in [2.24, 2.45) is 0 Å². The first kappa shape index (κ1) is 13.3. The number of hydrogen-bond donors (Lipinski definition) is 1. The van der Waals surface area contributed by atoms with Gasteiger partial charge in [0.05, 0.1) is 13.2 Å². The third kappa shape index (κ3) is 3.21. The van der Waals surface area contributed by atoms with Crippen LogP contribution in [0.4, 0.5) is 4.39 Å². The van der Waals surface area contributed by atoms with Crippen LogP contribution in [0.25, 0.3) is 0 Å². The van der Waals surface area contributed by atoms with E-state index in [1.807, 2.05) is 19.9 Å². The van der Waals surface area contributed by atoms with Crippen molar-refractivity contribution in [1.82, 2.24) is 5.32 Å². The Bertz CT molecular complexity index is 391. The van der Waals surface area contributed by atoms with Crippen molar-refractivity contribution in [2.45, 2.75) is 32.4 Å². The summed E-state index contributed by atoms with van der Waals surface area (Å²) in [6.45, 7) is 6.16. The molecule has 1 fully saturated rings. The van der Waals surface area contributed by atoms with Gasteiger partial charge in [-0.05, 0) is 31.2 Å². The van der Waals surface area contributed by atoms with Crippen molar-refractivity contribution < 1.29 is 13.9 Å². The van der Waals surface area contributed by atoms with Gasteiger partial charge in [0, 0.05) is 12.5 Å². The van der Waals surface area contributed by atoms with Gasteiger partial charge in [-0.15, -0.1) is 0 Å². The summed E-state index contributed by atoms with van der Waals surface area (Å²) in [5.74, 6) is 0.0158. The van der Waals surface area contributed by atoms with Crippen LogP contribution in [0.1, 0.15) is 31.9 Å². The highest BCUT2D eigenvalue weighted by Crippen LogP contribution is 2.24. The molecule has 0 aliphatic carbocycles. The second kappa shape index (κ2) is 6.16. The third-order valence-electron chi connectivity index (χ3n) is 3.15. The molecule has 2 unspecified atom stereocenters. The van der Waals surface area contributed by atoms with Gasteiger partial charge in [-0.2, -0.15) is 0 Å². The first-order valence-electron chi connectivity index (χ1n) is 6.48. The number of nitrogens with one attached hydrogen (secondary N) is 1.